The predicted molar refractivity (Wildman–Crippen MR) is 113 cm³/mol. The van der Waals surface area contributed by atoms with Crippen molar-refractivity contribution in [3.05, 3.63) is 71.7 Å². The Morgan fingerprint density at radius 1 is 1.03 bits per heavy atom. The third-order valence-electron chi connectivity index (χ3n) is 5.28. The van der Waals surface area contributed by atoms with Crippen molar-refractivity contribution in [3.8, 4) is 0 Å². The van der Waals surface area contributed by atoms with Gasteiger partial charge in [0.25, 0.3) is 5.91 Å². The number of fused-ring (bicyclic) bond motifs is 1. The number of carbonyl (C=O) groups is 1. The van der Waals surface area contributed by atoms with Crippen LogP contribution in [-0.4, -0.2) is 56.5 Å². The zero-order valence-corrected chi connectivity index (χ0v) is 16.9. The Kier molecular flexibility index (Phi) is 4.84. The molecule has 4 heterocycles. The van der Waals surface area contributed by atoms with Crippen LogP contribution < -0.4 is 4.90 Å². The van der Waals surface area contributed by atoms with Gasteiger partial charge in [-0.1, -0.05) is 29.8 Å². The number of hydrogen-bond donors (Lipinski definition) is 0. The number of benzene rings is 1. The van der Waals surface area contributed by atoms with Gasteiger partial charge >= 0.3 is 0 Å². The highest BCUT2D eigenvalue weighted by atomic mass is 35.5. The molecule has 0 unspecified atom stereocenters. The fraction of sp³-hybridized carbons (Fsp3) is 0.238. The van der Waals surface area contributed by atoms with E-state index in [1.54, 1.807) is 29.7 Å². The van der Waals surface area contributed by atoms with Gasteiger partial charge < -0.3 is 18.8 Å². The molecular formula is C21H19ClN6O2. The highest BCUT2D eigenvalue weighted by Crippen LogP contribution is 2.25. The molecule has 8 nitrogen and oxygen atoms in total. The molecule has 4 aromatic rings. The quantitative estimate of drug-likeness (QED) is 0.502. The highest BCUT2D eigenvalue weighted by Gasteiger charge is 2.26. The normalized spacial score (nSPS) is 14.4. The molecule has 0 spiro atoms. The topological polar surface area (TPSA) is 80.3 Å². The first-order valence-electron chi connectivity index (χ1n) is 9.67. The van der Waals surface area contributed by atoms with Crippen LogP contribution in [0, 0.1) is 0 Å². The maximum Gasteiger partial charge on any atom is 0.289 e. The maximum absolute atomic E-state index is 12.5. The molecule has 152 valence electrons. The van der Waals surface area contributed by atoms with Gasteiger partial charge in [0.05, 0.1) is 19.1 Å². The number of piperazine rings is 1. The van der Waals surface area contributed by atoms with Gasteiger partial charge in [-0.3, -0.25) is 4.79 Å². The van der Waals surface area contributed by atoms with Gasteiger partial charge in [-0.05, 0) is 23.8 Å². The number of furan rings is 1. The molecule has 0 atom stereocenters. The summed E-state index contributed by atoms with van der Waals surface area (Å²) >= 11 is 6.31. The SMILES string of the molecule is O=C(c1ccco1)N1CCN(c2ncnc3c2ncn3Cc2ccccc2Cl)CC1. The van der Waals surface area contributed by atoms with Crippen LogP contribution >= 0.6 is 11.6 Å². The molecule has 5 rings (SSSR count). The second-order valence-electron chi connectivity index (χ2n) is 7.09. The molecule has 9 heteroatoms. The largest absolute Gasteiger partial charge is 0.459 e. The molecule has 0 radical (unpaired) electrons. The summed E-state index contributed by atoms with van der Waals surface area (Å²) in [6.07, 6.45) is 4.84. The predicted octanol–water partition coefficient (Wildman–Crippen LogP) is 3.08. The molecule has 1 aliphatic heterocycles. The number of amides is 1. The van der Waals surface area contributed by atoms with Crippen molar-refractivity contribution in [2.45, 2.75) is 6.54 Å². The minimum Gasteiger partial charge on any atom is -0.459 e. The summed E-state index contributed by atoms with van der Waals surface area (Å²) in [5.41, 5.74) is 2.51. The first kappa shape index (κ1) is 18.6. The van der Waals surface area contributed by atoms with Gasteiger partial charge in [-0.25, -0.2) is 15.0 Å². The second-order valence-corrected chi connectivity index (χ2v) is 7.50. The first-order valence-corrected chi connectivity index (χ1v) is 10.1. The summed E-state index contributed by atoms with van der Waals surface area (Å²) in [6.45, 7) is 3.08. The first-order chi connectivity index (χ1) is 14.7. The van der Waals surface area contributed by atoms with E-state index in [1.807, 2.05) is 28.8 Å². The molecule has 3 aromatic heterocycles. The number of nitrogens with zero attached hydrogens (tertiary/aromatic N) is 6. The minimum absolute atomic E-state index is 0.0866. The van der Waals surface area contributed by atoms with Crippen LogP contribution in [0.1, 0.15) is 16.1 Å². The third-order valence-corrected chi connectivity index (χ3v) is 5.65. The molecule has 0 N–H and O–H groups in total. The molecule has 1 amide bonds. The van der Waals surface area contributed by atoms with Crippen molar-refractivity contribution < 1.29 is 9.21 Å². The van der Waals surface area contributed by atoms with Crippen molar-refractivity contribution in [1.82, 2.24) is 24.4 Å². The minimum atomic E-state index is -0.0866. The lowest BCUT2D eigenvalue weighted by atomic mass is 10.2. The summed E-state index contributed by atoms with van der Waals surface area (Å²) in [5.74, 6) is 1.06. The Hall–Kier alpha value is -3.39. The molecule has 0 aliphatic carbocycles. The van der Waals surface area contributed by atoms with Gasteiger partial charge in [0.2, 0.25) is 0 Å². The van der Waals surface area contributed by atoms with E-state index in [1.165, 1.54) is 6.26 Å². The van der Waals surface area contributed by atoms with Crippen LogP contribution in [0.2, 0.25) is 5.02 Å². The molecule has 30 heavy (non-hydrogen) atoms. The second kappa shape index (κ2) is 7.79. The van der Waals surface area contributed by atoms with Gasteiger partial charge in [0.1, 0.15) is 6.33 Å². The van der Waals surface area contributed by atoms with E-state index in [0.29, 0.717) is 43.5 Å². The van der Waals surface area contributed by atoms with Gasteiger partial charge in [-0.2, -0.15) is 0 Å². The fourth-order valence-corrected chi connectivity index (χ4v) is 3.90. The van der Waals surface area contributed by atoms with Crippen LogP contribution in [0.15, 0.2) is 59.7 Å². The molecule has 0 bridgehead atoms. The van der Waals surface area contributed by atoms with E-state index >= 15 is 0 Å². The average molecular weight is 423 g/mol. The lowest BCUT2D eigenvalue weighted by molar-refractivity contribution is 0.0714. The van der Waals surface area contributed by atoms with E-state index in [4.69, 9.17) is 16.0 Å². The number of carbonyl (C=O) groups excluding carboxylic acids is 1. The molecule has 1 aliphatic rings. The zero-order valence-electron chi connectivity index (χ0n) is 16.1. The van der Waals surface area contributed by atoms with Crippen molar-refractivity contribution in [3.63, 3.8) is 0 Å². The van der Waals surface area contributed by atoms with E-state index in [2.05, 4.69) is 19.9 Å². The molecule has 1 fully saturated rings. The average Bonchev–Trinajstić information content (AvgIpc) is 3.46. The zero-order chi connectivity index (χ0) is 20.5. The van der Waals surface area contributed by atoms with E-state index in [0.717, 1.165) is 22.5 Å². The Labute approximate surface area is 177 Å². The van der Waals surface area contributed by atoms with Crippen LogP contribution in [0.4, 0.5) is 5.82 Å². The Morgan fingerprint density at radius 2 is 1.87 bits per heavy atom. The summed E-state index contributed by atoms with van der Waals surface area (Å²) in [6, 6.07) is 11.2. The number of hydrogen-bond acceptors (Lipinski definition) is 6. The molecule has 1 saturated heterocycles. The van der Waals surface area contributed by atoms with E-state index in [-0.39, 0.29) is 5.91 Å². The van der Waals surface area contributed by atoms with Crippen molar-refractivity contribution in [1.29, 1.82) is 0 Å². The van der Waals surface area contributed by atoms with Crippen molar-refractivity contribution in [2.75, 3.05) is 31.1 Å². The number of anilines is 1. The Morgan fingerprint density at radius 3 is 2.63 bits per heavy atom. The number of aromatic nitrogens is 4. The van der Waals surface area contributed by atoms with Crippen LogP contribution in [0.5, 0.6) is 0 Å². The smallest absolute Gasteiger partial charge is 0.289 e. The summed E-state index contributed by atoms with van der Waals surface area (Å²) in [4.78, 5) is 29.9. The third kappa shape index (κ3) is 3.39. The number of halogens is 1. The molecular weight excluding hydrogens is 404 g/mol. The number of imidazole rings is 1. The molecule has 1 aromatic carbocycles. The van der Waals surface area contributed by atoms with Crippen LogP contribution in [0.25, 0.3) is 11.2 Å². The highest BCUT2D eigenvalue weighted by molar-refractivity contribution is 6.31. The van der Waals surface area contributed by atoms with Crippen molar-refractivity contribution >= 4 is 34.5 Å². The monoisotopic (exact) mass is 422 g/mol. The maximum atomic E-state index is 12.5. The lowest BCUT2D eigenvalue weighted by Crippen LogP contribution is -2.49. The van der Waals surface area contributed by atoms with Gasteiger partial charge in [-0.15, -0.1) is 0 Å². The molecule has 0 saturated carbocycles. The Bertz CT molecular complexity index is 1180. The summed E-state index contributed by atoms with van der Waals surface area (Å²) < 4.78 is 7.20. The van der Waals surface area contributed by atoms with Crippen LogP contribution in [0.3, 0.4) is 0 Å². The van der Waals surface area contributed by atoms with E-state index in [9.17, 15) is 4.79 Å². The van der Waals surface area contributed by atoms with Gasteiger partial charge in [0, 0.05) is 31.2 Å². The summed E-state index contributed by atoms with van der Waals surface area (Å²) in [5, 5.41) is 0.714. The summed E-state index contributed by atoms with van der Waals surface area (Å²) in [7, 11) is 0. The van der Waals surface area contributed by atoms with Crippen LogP contribution in [-0.2, 0) is 6.54 Å². The fourth-order valence-electron chi connectivity index (χ4n) is 3.70. The Balaban J connectivity index is 1.35. The standard InChI is InChI=1S/C21H19ClN6O2/c22-16-5-2-1-4-15(16)12-28-14-25-18-19(23-13-24-20(18)28)26-7-9-27(10-8-26)21(29)17-6-3-11-30-17/h1-6,11,13-14H,7-10,12H2. The van der Waals surface area contributed by atoms with Crippen molar-refractivity contribution in [2.24, 2.45) is 0 Å². The lowest BCUT2D eigenvalue weighted by Gasteiger charge is -2.34. The van der Waals surface area contributed by atoms with E-state index < -0.39 is 0 Å². The van der Waals surface area contributed by atoms with Gasteiger partial charge in [0.15, 0.2) is 22.7 Å². The number of rotatable bonds is 4.